The van der Waals surface area contributed by atoms with Crippen molar-refractivity contribution < 1.29 is 34.4 Å². The number of aliphatic hydroxyl groups excluding tert-OH is 3. The number of carbonyl (C=O) groups excluding carboxylic acids is 2. The Bertz CT molecular complexity index is 1270. The number of aliphatic hydroxyl groups is 3. The summed E-state index contributed by atoms with van der Waals surface area (Å²) in [6.07, 6.45) is 4.02. The number of nitrogens with one attached hydrogen (secondary N) is 1. The molecule has 4 rings (SSSR count). The zero-order valence-corrected chi connectivity index (χ0v) is 23.7. The summed E-state index contributed by atoms with van der Waals surface area (Å²) in [4.78, 5) is 28.8. The van der Waals surface area contributed by atoms with Crippen molar-refractivity contribution in [3.05, 3.63) is 83.0 Å². The van der Waals surface area contributed by atoms with Gasteiger partial charge in [-0.05, 0) is 55.5 Å². The Morgan fingerprint density at radius 3 is 2.56 bits per heavy atom. The summed E-state index contributed by atoms with van der Waals surface area (Å²) in [5, 5.41) is 33.7. The second kappa shape index (κ2) is 13.8. The molecule has 2 aromatic carbocycles. The molecule has 0 aromatic heterocycles. The molecule has 2 amide bonds. The van der Waals surface area contributed by atoms with Gasteiger partial charge in [-0.3, -0.25) is 9.59 Å². The summed E-state index contributed by atoms with van der Waals surface area (Å²) in [5.74, 6) is -0.460. The van der Waals surface area contributed by atoms with E-state index in [4.69, 9.17) is 9.47 Å². The number of hydrogen-bond acceptors (Lipinski definition) is 7. The van der Waals surface area contributed by atoms with Gasteiger partial charge in [0.1, 0.15) is 12.2 Å². The molecular formula is C32H40N2O7. The number of allylic oxidation sites excluding steroid dienone is 1. The Morgan fingerprint density at radius 1 is 1.15 bits per heavy atom. The fourth-order valence-corrected chi connectivity index (χ4v) is 5.58. The van der Waals surface area contributed by atoms with E-state index in [2.05, 4.69) is 11.9 Å². The van der Waals surface area contributed by atoms with Crippen molar-refractivity contribution in [1.82, 2.24) is 10.2 Å². The normalized spacial score (nSPS) is 20.8. The Labute approximate surface area is 241 Å². The minimum atomic E-state index is -1.16. The van der Waals surface area contributed by atoms with Crippen LogP contribution in [0, 0.1) is 6.92 Å². The summed E-state index contributed by atoms with van der Waals surface area (Å²) in [7, 11) is 1.49. The molecule has 1 aliphatic carbocycles. The summed E-state index contributed by atoms with van der Waals surface area (Å²) < 4.78 is 11.8. The summed E-state index contributed by atoms with van der Waals surface area (Å²) in [5.41, 5.74) is 3.50. The van der Waals surface area contributed by atoms with Crippen LogP contribution in [0.15, 0.2) is 60.7 Å². The van der Waals surface area contributed by atoms with Crippen molar-refractivity contribution in [1.29, 1.82) is 0 Å². The topological polar surface area (TPSA) is 129 Å². The first-order chi connectivity index (χ1) is 19.8. The van der Waals surface area contributed by atoms with Crippen molar-refractivity contribution in [2.75, 3.05) is 20.3 Å². The molecule has 0 bridgehead atoms. The third-order valence-corrected chi connectivity index (χ3v) is 7.70. The highest BCUT2D eigenvalue weighted by Crippen LogP contribution is 2.51. The molecule has 0 saturated heterocycles. The number of aryl methyl sites for hydroxylation is 1. The van der Waals surface area contributed by atoms with Crippen LogP contribution in [-0.2, 0) is 22.7 Å². The van der Waals surface area contributed by atoms with Crippen LogP contribution in [0.4, 0.5) is 0 Å². The van der Waals surface area contributed by atoms with E-state index < -0.39 is 30.1 Å². The van der Waals surface area contributed by atoms with E-state index in [0.29, 0.717) is 34.6 Å². The number of hydrogen-bond donors (Lipinski definition) is 4. The number of rotatable bonds is 13. The summed E-state index contributed by atoms with van der Waals surface area (Å²) >= 11 is 0. The van der Waals surface area contributed by atoms with Crippen molar-refractivity contribution in [3.8, 4) is 11.5 Å². The highest BCUT2D eigenvalue weighted by molar-refractivity contribution is 5.96. The van der Waals surface area contributed by atoms with Gasteiger partial charge in [-0.2, -0.15) is 0 Å². The van der Waals surface area contributed by atoms with Gasteiger partial charge in [0.05, 0.1) is 32.3 Å². The number of methoxy groups -OCH3 is 1. The number of carbonyl (C=O) groups is 2. The average Bonchev–Trinajstić information content (AvgIpc) is 3.37. The quantitative estimate of drug-likeness (QED) is 0.218. The number of nitrogens with zero attached hydrogens (tertiary/aromatic N) is 1. The van der Waals surface area contributed by atoms with Crippen LogP contribution in [-0.4, -0.2) is 70.5 Å². The molecule has 0 fully saturated rings. The Balaban J connectivity index is 1.77. The Morgan fingerprint density at radius 2 is 1.90 bits per heavy atom. The molecule has 0 spiro atoms. The zero-order chi connectivity index (χ0) is 29.5. The van der Waals surface area contributed by atoms with E-state index in [9.17, 15) is 24.9 Å². The number of benzene rings is 2. The van der Waals surface area contributed by atoms with Gasteiger partial charge >= 0.3 is 0 Å². The average molecular weight is 565 g/mol. The van der Waals surface area contributed by atoms with E-state index in [0.717, 1.165) is 24.0 Å². The van der Waals surface area contributed by atoms with Crippen molar-refractivity contribution in [3.63, 3.8) is 0 Å². The van der Waals surface area contributed by atoms with E-state index in [1.165, 1.54) is 7.11 Å². The Hall–Kier alpha value is -3.66. The molecule has 4 unspecified atom stereocenters. The van der Waals surface area contributed by atoms with Crippen molar-refractivity contribution in [2.45, 2.75) is 69.9 Å². The number of fused-ring (bicyclic) bond motifs is 3. The first kappa shape index (κ1) is 30.3. The molecule has 2 aromatic rings. The molecule has 4 N–H and O–H groups in total. The largest absolute Gasteiger partial charge is 0.493 e. The maximum atomic E-state index is 13.7. The maximum absolute atomic E-state index is 13.7. The number of amides is 2. The molecule has 1 heterocycles. The molecular weight excluding hydrogens is 524 g/mol. The predicted octanol–water partition coefficient (Wildman–Crippen LogP) is 2.89. The van der Waals surface area contributed by atoms with Crippen LogP contribution >= 0.6 is 0 Å². The summed E-state index contributed by atoms with van der Waals surface area (Å²) in [6.45, 7) is 5.54. The minimum Gasteiger partial charge on any atom is -0.493 e. The smallest absolute Gasteiger partial charge is 0.247 e. The van der Waals surface area contributed by atoms with E-state index >= 15 is 0 Å². The third-order valence-electron chi connectivity index (χ3n) is 7.70. The van der Waals surface area contributed by atoms with Crippen LogP contribution < -0.4 is 14.8 Å². The number of ether oxygens (including phenoxy) is 2. The molecule has 220 valence electrons. The fourth-order valence-electron chi connectivity index (χ4n) is 5.58. The second-order valence-corrected chi connectivity index (χ2v) is 10.6. The first-order valence-corrected chi connectivity index (χ1v) is 14.1. The molecule has 2 aliphatic rings. The molecule has 1 aliphatic heterocycles. The lowest BCUT2D eigenvalue weighted by Crippen LogP contribution is -2.55. The lowest BCUT2D eigenvalue weighted by Gasteiger charge is -2.41. The van der Waals surface area contributed by atoms with Gasteiger partial charge in [0.2, 0.25) is 11.8 Å². The molecule has 41 heavy (non-hydrogen) atoms. The van der Waals surface area contributed by atoms with Crippen LogP contribution in [0.25, 0.3) is 0 Å². The standard InChI is InChI=1S/C32H40N2O7/c1-4-5-6-7-8-27(37)34(18-21-11-9-20(2)10-12-21)25-17-24(32(39)33-13-14-35)28-23-15-22(19-36)16-26(40-3)30(23)41-31(28)29(25)38/h4,9-12,15-17,25,28-29,31,35-36,38H,1,5-8,13-14,18-19H2,2-3H3,(H,33,39). The minimum absolute atomic E-state index is 0.0454. The predicted molar refractivity (Wildman–Crippen MR) is 154 cm³/mol. The van der Waals surface area contributed by atoms with E-state index in [-0.39, 0.29) is 38.6 Å². The lowest BCUT2D eigenvalue weighted by atomic mass is 9.77. The van der Waals surface area contributed by atoms with Crippen molar-refractivity contribution in [2.24, 2.45) is 0 Å². The molecule has 4 atom stereocenters. The molecule has 0 saturated carbocycles. The highest BCUT2D eigenvalue weighted by Gasteiger charge is 2.51. The van der Waals surface area contributed by atoms with Gasteiger partial charge in [-0.15, -0.1) is 6.58 Å². The van der Waals surface area contributed by atoms with Gasteiger partial charge in [-0.25, -0.2) is 0 Å². The van der Waals surface area contributed by atoms with Gasteiger partial charge in [0.15, 0.2) is 11.5 Å². The van der Waals surface area contributed by atoms with Gasteiger partial charge in [0, 0.05) is 30.6 Å². The summed E-state index contributed by atoms with van der Waals surface area (Å²) in [6, 6.07) is 10.4. The van der Waals surface area contributed by atoms with E-state index in [1.54, 1.807) is 23.1 Å². The zero-order valence-electron chi connectivity index (χ0n) is 23.7. The van der Waals surface area contributed by atoms with Crippen LogP contribution in [0.1, 0.15) is 53.9 Å². The van der Waals surface area contributed by atoms with Crippen LogP contribution in [0.3, 0.4) is 0 Å². The van der Waals surface area contributed by atoms with Crippen LogP contribution in [0.5, 0.6) is 11.5 Å². The van der Waals surface area contributed by atoms with Gasteiger partial charge in [0.25, 0.3) is 0 Å². The molecule has 0 radical (unpaired) electrons. The van der Waals surface area contributed by atoms with Gasteiger partial charge < -0.3 is 35.0 Å². The molecule has 9 heteroatoms. The third kappa shape index (κ3) is 6.64. The maximum Gasteiger partial charge on any atom is 0.247 e. The lowest BCUT2D eigenvalue weighted by molar-refractivity contribution is -0.138. The Kier molecular flexibility index (Phi) is 10.2. The van der Waals surface area contributed by atoms with Gasteiger partial charge in [-0.1, -0.05) is 35.9 Å². The second-order valence-electron chi connectivity index (χ2n) is 10.6. The highest BCUT2D eigenvalue weighted by atomic mass is 16.5. The van der Waals surface area contributed by atoms with Crippen molar-refractivity contribution >= 4 is 11.8 Å². The number of unbranched alkanes of at least 4 members (excludes halogenated alkanes) is 2. The van der Waals surface area contributed by atoms with E-state index in [1.807, 2.05) is 37.3 Å². The van der Waals surface area contributed by atoms with Crippen LogP contribution in [0.2, 0.25) is 0 Å². The SMILES string of the molecule is C=CCCCCC(=O)N(Cc1ccc(C)cc1)C1C=C(C(=O)NCCO)C2c3cc(CO)cc(OC)c3OC2C1O. The monoisotopic (exact) mass is 564 g/mol. The fraction of sp³-hybridized carbons (Fsp3) is 0.438. The first-order valence-electron chi connectivity index (χ1n) is 14.1. The molecule has 9 nitrogen and oxygen atoms in total.